The zero-order valence-corrected chi connectivity index (χ0v) is 18.6. The van der Waals surface area contributed by atoms with Crippen LogP contribution in [0.3, 0.4) is 0 Å². The predicted octanol–water partition coefficient (Wildman–Crippen LogP) is 1.21. The minimum absolute atomic E-state index is 0. The molecule has 1 aromatic carbocycles. The molecule has 0 aliphatic carbocycles. The zero-order chi connectivity index (χ0) is 19.6. The van der Waals surface area contributed by atoms with Crippen LogP contribution in [0.2, 0.25) is 0 Å². The van der Waals surface area contributed by atoms with E-state index < -0.39 is 0 Å². The highest BCUT2D eigenvalue weighted by Crippen LogP contribution is 2.14. The first-order valence-electron chi connectivity index (χ1n) is 8.62. The van der Waals surface area contributed by atoms with E-state index in [1.54, 1.807) is 18.2 Å². The Morgan fingerprint density at radius 2 is 1.70 bits per heavy atom. The summed E-state index contributed by atoms with van der Waals surface area (Å²) in [6.07, 6.45) is 0. The quantitative estimate of drug-likeness (QED) is 0.170. The van der Waals surface area contributed by atoms with E-state index in [4.69, 9.17) is 0 Å². The van der Waals surface area contributed by atoms with Gasteiger partial charge in [-0.3, -0.25) is 9.59 Å². The monoisotopic (exact) mass is 491 g/mol. The minimum Gasteiger partial charge on any atom is -0.507 e. The van der Waals surface area contributed by atoms with E-state index in [0.29, 0.717) is 25.6 Å². The van der Waals surface area contributed by atoms with Crippen LogP contribution in [0.25, 0.3) is 0 Å². The normalized spacial score (nSPS) is 11.2. The molecule has 0 aromatic heterocycles. The Hall–Kier alpha value is -2.04. The molecule has 0 unspecified atom stereocenters. The van der Waals surface area contributed by atoms with E-state index in [0.717, 1.165) is 0 Å². The molecule has 0 aliphatic heterocycles. The molecule has 1 rings (SSSR count). The lowest BCUT2D eigenvalue weighted by Crippen LogP contribution is -2.44. The lowest BCUT2D eigenvalue weighted by Gasteiger charge is -2.20. The van der Waals surface area contributed by atoms with E-state index in [9.17, 15) is 14.7 Å². The number of halogens is 1. The summed E-state index contributed by atoms with van der Waals surface area (Å²) in [4.78, 5) is 28.0. The molecule has 152 valence electrons. The summed E-state index contributed by atoms with van der Waals surface area (Å²) in [7, 11) is 0. The number of hydrogen-bond acceptors (Lipinski definition) is 4. The van der Waals surface area contributed by atoms with Gasteiger partial charge in [-0.15, -0.1) is 24.0 Å². The van der Waals surface area contributed by atoms with E-state index in [1.807, 2.05) is 27.7 Å². The highest BCUT2D eigenvalue weighted by atomic mass is 127. The van der Waals surface area contributed by atoms with Crippen molar-refractivity contribution in [1.82, 2.24) is 21.3 Å². The van der Waals surface area contributed by atoms with Gasteiger partial charge in [0.2, 0.25) is 5.91 Å². The Bertz CT molecular complexity index is 644. The molecule has 1 aromatic rings. The third-order valence-electron chi connectivity index (χ3n) is 3.09. The van der Waals surface area contributed by atoms with Gasteiger partial charge in [0, 0.05) is 25.2 Å². The number of guanidine groups is 1. The molecule has 0 fully saturated rings. The van der Waals surface area contributed by atoms with Crippen molar-refractivity contribution < 1.29 is 14.7 Å². The summed E-state index contributed by atoms with van der Waals surface area (Å²) in [5, 5.41) is 21.3. The van der Waals surface area contributed by atoms with Crippen LogP contribution in [0.5, 0.6) is 5.75 Å². The number of aromatic hydroxyl groups is 1. The summed E-state index contributed by atoms with van der Waals surface area (Å²) in [6, 6.07) is 6.36. The van der Waals surface area contributed by atoms with Crippen LogP contribution in [-0.2, 0) is 4.79 Å². The molecule has 0 saturated carbocycles. The Balaban J connectivity index is 0.00000676. The number of nitrogens with zero attached hydrogens (tertiary/aromatic N) is 1. The number of carbonyl (C=O) groups is 2. The van der Waals surface area contributed by atoms with Gasteiger partial charge in [0.25, 0.3) is 5.91 Å². The Kier molecular flexibility index (Phi) is 11.4. The first kappa shape index (κ1) is 25.0. The highest BCUT2D eigenvalue weighted by Gasteiger charge is 2.13. The number of aliphatic imine (C=N–C) groups is 1. The van der Waals surface area contributed by atoms with Crippen LogP contribution in [-0.4, -0.2) is 54.6 Å². The number of rotatable bonds is 7. The molecule has 0 spiro atoms. The van der Waals surface area contributed by atoms with Gasteiger partial charge in [0.15, 0.2) is 5.96 Å². The number of benzene rings is 1. The number of phenolic OH excluding ortho intramolecular Hbond substituents is 1. The Morgan fingerprint density at radius 1 is 1.07 bits per heavy atom. The van der Waals surface area contributed by atoms with E-state index in [1.165, 1.54) is 6.07 Å². The van der Waals surface area contributed by atoms with Crippen LogP contribution in [0.15, 0.2) is 29.3 Å². The molecule has 8 nitrogen and oxygen atoms in total. The standard InChI is InChI=1S/C18H29N5O3.HI/c1-5-19-17(22-12-15(25)23-18(2,3)4)21-11-10-20-16(26)13-8-6-7-9-14(13)24;/h6-9,24H,5,10-12H2,1-4H3,(H,20,26)(H,23,25)(H2,19,21,22);1H. The molecule has 5 N–H and O–H groups in total. The van der Waals surface area contributed by atoms with Crippen molar-refractivity contribution in [3.05, 3.63) is 29.8 Å². The van der Waals surface area contributed by atoms with Gasteiger partial charge < -0.3 is 26.4 Å². The molecule has 0 bridgehead atoms. The predicted molar refractivity (Wildman–Crippen MR) is 118 cm³/mol. The zero-order valence-electron chi connectivity index (χ0n) is 16.3. The van der Waals surface area contributed by atoms with Crippen molar-refractivity contribution in [3.8, 4) is 5.75 Å². The van der Waals surface area contributed by atoms with Gasteiger partial charge in [-0.1, -0.05) is 12.1 Å². The van der Waals surface area contributed by atoms with Crippen molar-refractivity contribution in [2.24, 2.45) is 4.99 Å². The molecular weight excluding hydrogens is 461 g/mol. The molecule has 0 heterocycles. The number of nitrogens with one attached hydrogen (secondary N) is 4. The fourth-order valence-corrected chi connectivity index (χ4v) is 2.07. The average molecular weight is 491 g/mol. The summed E-state index contributed by atoms with van der Waals surface area (Å²) < 4.78 is 0. The van der Waals surface area contributed by atoms with Gasteiger partial charge in [-0.25, -0.2) is 4.99 Å². The number of para-hydroxylation sites is 1. The Morgan fingerprint density at radius 3 is 2.30 bits per heavy atom. The maximum Gasteiger partial charge on any atom is 0.255 e. The maximum atomic E-state index is 12.0. The minimum atomic E-state index is -0.351. The number of phenols is 1. The van der Waals surface area contributed by atoms with Crippen LogP contribution in [0, 0.1) is 0 Å². The molecule has 0 atom stereocenters. The Labute approximate surface area is 177 Å². The maximum absolute atomic E-state index is 12.0. The molecule has 0 aliphatic rings. The molecule has 2 amide bonds. The second kappa shape index (κ2) is 12.4. The third kappa shape index (κ3) is 10.6. The smallest absolute Gasteiger partial charge is 0.255 e. The summed E-state index contributed by atoms with van der Waals surface area (Å²) in [6.45, 7) is 9.07. The van der Waals surface area contributed by atoms with Gasteiger partial charge in [-0.2, -0.15) is 0 Å². The van der Waals surface area contributed by atoms with Crippen LogP contribution >= 0.6 is 24.0 Å². The van der Waals surface area contributed by atoms with Gasteiger partial charge in [-0.05, 0) is 39.8 Å². The van der Waals surface area contributed by atoms with Crippen LogP contribution in [0.1, 0.15) is 38.1 Å². The summed E-state index contributed by atoms with van der Waals surface area (Å²) in [5.74, 6) is -0.0787. The second-order valence-corrected chi connectivity index (χ2v) is 6.69. The second-order valence-electron chi connectivity index (χ2n) is 6.69. The number of carbonyl (C=O) groups excluding carboxylic acids is 2. The highest BCUT2D eigenvalue weighted by molar-refractivity contribution is 14.0. The van der Waals surface area contributed by atoms with Crippen molar-refractivity contribution in [3.63, 3.8) is 0 Å². The number of hydrogen-bond donors (Lipinski definition) is 5. The van der Waals surface area contributed by atoms with Gasteiger partial charge >= 0.3 is 0 Å². The van der Waals surface area contributed by atoms with Crippen molar-refractivity contribution in [2.45, 2.75) is 33.2 Å². The van der Waals surface area contributed by atoms with Gasteiger partial charge in [0.05, 0.1) is 5.56 Å². The van der Waals surface area contributed by atoms with Crippen molar-refractivity contribution >= 4 is 41.8 Å². The van der Waals surface area contributed by atoms with Crippen LogP contribution in [0.4, 0.5) is 0 Å². The summed E-state index contributed by atoms with van der Waals surface area (Å²) >= 11 is 0. The van der Waals surface area contributed by atoms with Crippen molar-refractivity contribution in [2.75, 3.05) is 26.2 Å². The van der Waals surface area contributed by atoms with Gasteiger partial charge in [0.1, 0.15) is 12.3 Å². The first-order chi connectivity index (χ1) is 12.2. The first-order valence-corrected chi connectivity index (χ1v) is 8.62. The molecule has 0 radical (unpaired) electrons. The lowest BCUT2D eigenvalue weighted by molar-refractivity contribution is -0.121. The fourth-order valence-electron chi connectivity index (χ4n) is 2.07. The fraction of sp³-hybridized carbons (Fsp3) is 0.500. The van der Waals surface area contributed by atoms with E-state index in [-0.39, 0.29) is 59.2 Å². The van der Waals surface area contributed by atoms with E-state index in [2.05, 4.69) is 26.3 Å². The largest absolute Gasteiger partial charge is 0.507 e. The molecule has 27 heavy (non-hydrogen) atoms. The number of amides is 2. The van der Waals surface area contributed by atoms with Crippen LogP contribution < -0.4 is 21.3 Å². The van der Waals surface area contributed by atoms with E-state index >= 15 is 0 Å². The average Bonchev–Trinajstić information content (AvgIpc) is 2.55. The third-order valence-corrected chi connectivity index (χ3v) is 3.09. The topological polar surface area (TPSA) is 115 Å². The SMILES string of the molecule is CCNC(=NCC(=O)NC(C)(C)C)NCCNC(=O)c1ccccc1O.I. The summed E-state index contributed by atoms with van der Waals surface area (Å²) in [5.41, 5.74) is -0.0713. The molecule has 9 heteroatoms. The lowest BCUT2D eigenvalue weighted by atomic mass is 10.1. The van der Waals surface area contributed by atoms with Crippen molar-refractivity contribution in [1.29, 1.82) is 0 Å². The molecular formula is C18H30IN5O3. The molecule has 0 saturated heterocycles.